The van der Waals surface area contributed by atoms with Crippen molar-refractivity contribution in [1.29, 1.82) is 0 Å². The Kier molecular flexibility index (Phi) is 7.36. The summed E-state index contributed by atoms with van der Waals surface area (Å²) in [7, 11) is 0. The Morgan fingerprint density at radius 3 is 2.20 bits per heavy atom. The molecule has 0 aliphatic rings. The number of amides is 1. The van der Waals surface area contributed by atoms with Gasteiger partial charge in [-0.25, -0.2) is 14.4 Å². The first-order valence-electron chi connectivity index (χ1n) is 9.63. The fraction of sp³-hybridized carbons (Fsp3) is 0.476. The minimum Gasteiger partial charge on any atom is -0.464 e. The summed E-state index contributed by atoms with van der Waals surface area (Å²) in [5.41, 5.74) is -1.64. The maximum absolute atomic E-state index is 13.0. The van der Waals surface area contributed by atoms with E-state index < -0.39 is 29.2 Å². The highest BCUT2D eigenvalue weighted by Gasteiger charge is 2.51. The van der Waals surface area contributed by atoms with Crippen molar-refractivity contribution in [3.63, 3.8) is 0 Å². The molecule has 0 aliphatic heterocycles. The fourth-order valence-corrected chi connectivity index (χ4v) is 3.12. The molecule has 30 heavy (non-hydrogen) atoms. The molecule has 1 aromatic heterocycles. The number of carbonyl (C=O) groups is 3. The van der Waals surface area contributed by atoms with Crippen LogP contribution in [0.3, 0.4) is 0 Å². The van der Waals surface area contributed by atoms with Gasteiger partial charge in [-0.05, 0) is 52.3 Å². The van der Waals surface area contributed by atoms with Gasteiger partial charge in [-0.2, -0.15) is 0 Å². The smallest absolute Gasteiger partial charge is 0.409 e. The third kappa shape index (κ3) is 5.44. The minimum atomic E-state index is -2.12. The van der Waals surface area contributed by atoms with Gasteiger partial charge in [0.05, 0.1) is 13.2 Å². The topological polar surface area (TPSA) is 107 Å². The average Bonchev–Trinajstić information content (AvgIpc) is 3.01. The summed E-state index contributed by atoms with van der Waals surface area (Å²) in [5, 5.41) is 3.69. The molecule has 1 amide bonds. The number of halogens is 1. The summed E-state index contributed by atoms with van der Waals surface area (Å²) in [6.45, 7) is 8.26. The summed E-state index contributed by atoms with van der Waals surface area (Å²) < 4.78 is 15.6. The summed E-state index contributed by atoms with van der Waals surface area (Å²) in [6, 6.07) is 5.18. The first-order chi connectivity index (χ1) is 14.0. The van der Waals surface area contributed by atoms with E-state index in [9.17, 15) is 14.4 Å². The van der Waals surface area contributed by atoms with Crippen molar-refractivity contribution in [2.75, 3.05) is 13.2 Å². The van der Waals surface area contributed by atoms with Gasteiger partial charge < -0.3 is 19.2 Å². The molecule has 0 aliphatic carbocycles. The number of hydrogen-bond acceptors (Lipinski definition) is 6. The van der Waals surface area contributed by atoms with Gasteiger partial charge in [0, 0.05) is 28.5 Å². The average molecular weight is 439 g/mol. The normalized spacial score (nSPS) is 11.8. The summed E-state index contributed by atoms with van der Waals surface area (Å²) in [4.78, 5) is 41.6. The van der Waals surface area contributed by atoms with E-state index >= 15 is 0 Å². The second kappa shape index (κ2) is 9.38. The second-order valence-electron chi connectivity index (χ2n) is 7.65. The number of aromatic nitrogens is 1. The predicted molar refractivity (Wildman–Crippen MR) is 112 cm³/mol. The fourth-order valence-electron chi connectivity index (χ4n) is 2.95. The minimum absolute atomic E-state index is 0.0134. The van der Waals surface area contributed by atoms with E-state index in [0.29, 0.717) is 10.6 Å². The van der Waals surface area contributed by atoms with Gasteiger partial charge in [0.1, 0.15) is 5.60 Å². The number of H-pyrrole nitrogens is 1. The Bertz CT molecular complexity index is 913. The third-order valence-corrected chi connectivity index (χ3v) is 4.38. The Balaban J connectivity index is 2.54. The summed E-state index contributed by atoms with van der Waals surface area (Å²) >= 11 is 6.03. The Morgan fingerprint density at radius 1 is 1.07 bits per heavy atom. The van der Waals surface area contributed by atoms with Crippen LogP contribution in [0.2, 0.25) is 5.02 Å². The zero-order chi connectivity index (χ0) is 22.5. The predicted octanol–water partition coefficient (Wildman–Crippen LogP) is 3.75. The van der Waals surface area contributed by atoms with Crippen molar-refractivity contribution >= 4 is 40.5 Å². The number of esters is 2. The van der Waals surface area contributed by atoms with Gasteiger partial charge >= 0.3 is 18.0 Å². The molecule has 0 fully saturated rings. The van der Waals surface area contributed by atoms with E-state index in [2.05, 4.69) is 10.3 Å². The van der Waals surface area contributed by atoms with Crippen LogP contribution < -0.4 is 5.32 Å². The molecular formula is C21H27ClN2O6. The van der Waals surface area contributed by atoms with E-state index in [-0.39, 0.29) is 19.6 Å². The van der Waals surface area contributed by atoms with E-state index in [4.69, 9.17) is 25.8 Å². The largest absolute Gasteiger partial charge is 0.464 e. The molecule has 0 saturated carbocycles. The number of alkyl carbamates (subject to hydrolysis) is 1. The number of ether oxygens (including phenoxy) is 3. The molecule has 0 unspecified atom stereocenters. The van der Waals surface area contributed by atoms with Gasteiger partial charge in [-0.15, -0.1) is 0 Å². The Labute approximate surface area is 180 Å². The molecule has 9 heteroatoms. The van der Waals surface area contributed by atoms with Gasteiger partial charge in [0.15, 0.2) is 0 Å². The van der Waals surface area contributed by atoms with Crippen molar-refractivity contribution in [2.24, 2.45) is 0 Å². The maximum atomic E-state index is 13.0. The molecule has 1 heterocycles. The first-order valence-corrected chi connectivity index (χ1v) is 10.0. The molecule has 0 radical (unpaired) electrons. The van der Waals surface area contributed by atoms with Crippen LogP contribution in [-0.2, 0) is 30.2 Å². The maximum Gasteiger partial charge on any atom is 0.409 e. The molecule has 0 bridgehead atoms. The SMILES string of the molecule is CCOC(=O)C(Cc1c[nH]c2cc(Cl)ccc12)(NC(=O)OC(C)(C)C)C(=O)OCC. The molecule has 0 atom stereocenters. The molecule has 2 rings (SSSR count). The van der Waals surface area contributed by atoms with Crippen molar-refractivity contribution < 1.29 is 28.6 Å². The highest BCUT2D eigenvalue weighted by atomic mass is 35.5. The molecule has 164 valence electrons. The molecule has 2 N–H and O–H groups in total. The number of nitrogens with one attached hydrogen (secondary N) is 2. The molecule has 0 spiro atoms. The van der Waals surface area contributed by atoms with Gasteiger partial charge in [-0.1, -0.05) is 17.7 Å². The standard InChI is InChI=1S/C21H27ClN2O6/c1-6-28-17(25)21(18(26)29-7-2,24-19(27)30-20(3,4)5)11-13-12-23-16-10-14(22)8-9-15(13)16/h8-10,12,23H,6-7,11H2,1-5H3,(H,24,27). The van der Waals surface area contributed by atoms with Crippen LogP contribution >= 0.6 is 11.6 Å². The first kappa shape index (κ1) is 23.5. The number of fused-ring (bicyclic) bond motifs is 1. The van der Waals surface area contributed by atoms with Crippen molar-refractivity contribution in [3.05, 3.63) is 35.0 Å². The summed E-state index contributed by atoms with van der Waals surface area (Å²) in [6.07, 6.45) is 0.503. The Hall–Kier alpha value is -2.74. The second-order valence-corrected chi connectivity index (χ2v) is 8.09. The van der Waals surface area contributed by atoms with E-state index in [1.54, 1.807) is 59.0 Å². The Morgan fingerprint density at radius 2 is 1.67 bits per heavy atom. The van der Waals surface area contributed by atoms with E-state index in [1.165, 1.54) is 0 Å². The van der Waals surface area contributed by atoms with Crippen LogP contribution in [0.15, 0.2) is 24.4 Å². The van der Waals surface area contributed by atoms with Crippen LogP contribution in [0.1, 0.15) is 40.2 Å². The monoisotopic (exact) mass is 438 g/mol. The molecule has 1 aromatic carbocycles. The lowest BCUT2D eigenvalue weighted by Crippen LogP contribution is -2.63. The van der Waals surface area contributed by atoms with Gasteiger partial charge in [-0.3, -0.25) is 5.32 Å². The number of rotatable bonds is 7. The van der Waals surface area contributed by atoms with Crippen LogP contribution in [0.4, 0.5) is 4.79 Å². The van der Waals surface area contributed by atoms with Crippen molar-refractivity contribution in [3.8, 4) is 0 Å². The molecule has 2 aromatic rings. The van der Waals surface area contributed by atoms with Crippen LogP contribution in [0.25, 0.3) is 10.9 Å². The lowest BCUT2D eigenvalue weighted by Gasteiger charge is -2.31. The third-order valence-electron chi connectivity index (χ3n) is 4.15. The van der Waals surface area contributed by atoms with Crippen molar-refractivity contribution in [2.45, 2.75) is 52.2 Å². The number of hydrogen-bond donors (Lipinski definition) is 2. The van der Waals surface area contributed by atoms with Crippen molar-refractivity contribution in [1.82, 2.24) is 10.3 Å². The van der Waals surface area contributed by atoms with Gasteiger partial charge in [0.25, 0.3) is 0 Å². The van der Waals surface area contributed by atoms with Crippen LogP contribution in [-0.4, -0.2) is 47.4 Å². The number of benzene rings is 1. The quantitative estimate of drug-likeness (QED) is 0.387. The number of aromatic amines is 1. The highest BCUT2D eigenvalue weighted by Crippen LogP contribution is 2.27. The lowest BCUT2D eigenvalue weighted by atomic mass is 9.90. The van der Waals surface area contributed by atoms with E-state index in [0.717, 1.165) is 10.9 Å². The molecule has 8 nitrogen and oxygen atoms in total. The summed E-state index contributed by atoms with van der Waals surface area (Å²) in [5.74, 6) is -1.87. The zero-order valence-corrected chi connectivity index (χ0v) is 18.5. The van der Waals surface area contributed by atoms with Crippen LogP contribution in [0.5, 0.6) is 0 Å². The number of carbonyl (C=O) groups excluding carboxylic acids is 3. The zero-order valence-electron chi connectivity index (χ0n) is 17.8. The van der Waals surface area contributed by atoms with Gasteiger partial charge in [0.2, 0.25) is 5.54 Å². The molecular weight excluding hydrogens is 412 g/mol. The lowest BCUT2D eigenvalue weighted by molar-refractivity contribution is -0.166. The molecule has 0 saturated heterocycles. The van der Waals surface area contributed by atoms with Crippen LogP contribution in [0, 0.1) is 0 Å². The van der Waals surface area contributed by atoms with E-state index in [1.807, 2.05) is 0 Å². The highest BCUT2D eigenvalue weighted by molar-refractivity contribution is 6.31.